The van der Waals surface area contributed by atoms with Gasteiger partial charge in [-0.15, -0.1) is 6.58 Å². The smallest absolute Gasteiger partial charge is 0.313 e. The Labute approximate surface area is 92.5 Å². The largest absolute Gasteiger partial charge is 0.393 e. The van der Waals surface area contributed by atoms with Gasteiger partial charge < -0.3 is 4.74 Å². The summed E-state index contributed by atoms with van der Waals surface area (Å²) in [6, 6.07) is 0. The molecule has 0 aromatic heterocycles. The second-order valence-electron chi connectivity index (χ2n) is 3.55. The fourth-order valence-electron chi connectivity index (χ4n) is 0.637. The molecule has 0 rings (SSSR count). The molecule has 0 unspecified atom stereocenters. The number of allylic oxidation sites excluding steroid dienone is 1. The third-order valence-corrected chi connectivity index (χ3v) is 1.14. The average Bonchev–Trinajstić information content (AvgIpc) is 2.03. The lowest BCUT2D eigenvalue weighted by molar-refractivity contribution is -0.159. The molecule has 0 aliphatic rings. The van der Waals surface area contributed by atoms with Crippen molar-refractivity contribution in [3.05, 3.63) is 12.2 Å². The van der Waals surface area contributed by atoms with Crippen molar-refractivity contribution in [1.82, 2.24) is 0 Å². The minimum Gasteiger partial charge on any atom is -0.393 e. The predicted octanol–water partition coefficient (Wildman–Crippen LogP) is 3.24. The lowest BCUT2D eigenvalue weighted by Gasteiger charge is -1.98. The van der Waals surface area contributed by atoms with Gasteiger partial charge in [0.05, 0.1) is 0 Å². The van der Waals surface area contributed by atoms with E-state index in [0.717, 1.165) is 12.8 Å². The second-order valence-corrected chi connectivity index (χ2v) is 3.55. The molecule has 0 saturated heterocycles. The van der Waals surface area contributed by atoms with Crippen molar-refractivity contribution < 1.29 is 14.3 Å². The van der Waals surface area contributed by atoms with Gasteiger partial charge in [0.25, 0.3) is 0 Å². The molecule has 0 heterocycles. The van der Waals surface area contributed by atoms with Crippen LogP contribution in [0.1, 0.15) is 53.4 Å². The van der Waals surface area contributed by atoms with Gasteiger partial charge >= 0.3 is 11.9 Å². The Morgan fingerprint density at radius 1 is 1.00 bits per heavy atom. The Morgan fingerprint density at radius 2 is 1.27 bits per heavy atom. The summed E-state index contributed by atoms with van der Waals surface area (Å²) >= 11 is 0. The number of hydrogen-bond donors (Lipinski definition) is 0. The molecular formula is C12H22O3. The highest BCUT2D eigenvalue weighted by molar-refractivity contribution is 5.85. The monoisotopic (exact) mass is 214 g/mol. The van der Waals surface area contributed by atoms with Gasteiger partial charge in [-0.25, -0.2) is 0 Å². The van der Waals surface area contributed by atoms with Crippen LogP contribution in [0.4, 0.5) is 0 Å². The molecule has 15 heavy (non-hydrogen) atoms. The fraction of sp³-hybridized carbons (Fsp3) is 0.667. The Morgan fingerprint density at radius 3 is 1.47 bits per heavy atom. The van der Waals surface area contributed by atoms with Crippen LogP contribution in [0.15, 0.2) is 12.2 Å². The summed E-state index contributed by atoms with van der Waals surface area (Å²) in [6.45, 7) is 11.2. The zero-order valence-electron chi connectivity index (χ0n) is 10.3. The van der Waals surface area contributed by atoms with Crippen LogP contribution >= 0.6 is 0 Å². The highest BCUT2D eigenvalue weighted by atomic mass is 16.6. The van der Waals surface area contributed by atoms with E-state index in [1.54, 1.807) is 0 Å². The van der Waals surface area contributed by atoms with Crippen molar-refractivity contribution in [3.8, 4) is 0 Å². The highest BCUT2D eigenvalue weighted by Crippen LogP contribution is 1.95. The van der Waals surface area contributed by atoms with Crippen LogP contribution in [0.25, 0.3) is 0 Å². The first kappa shape index (κ1) is 16.3. The van der Waals surface area contributed by atoms with Crippen LogP contribution < -0.4 is 0 Å². The lowest BCUT2D eigenvalue weighted by atomic mass is 10.3. The number of esters is 2. The summed E-state index contributed by atoms with van der Waals surface area (Å²) < 4.78 is 4.45. The molecule has 0 radical (unpaired) electrons. The van der Waals surface area contributed by atoms with Gasteiger partial charge in [-0.05, 0) is 26.7 Å². The minimum atomic E-state index is -0.411. The van der Waals surface area contributed by atoms with E-state index < -0.39 is 11.9 Å². The molecule has 0 N–H and O–H groups in total. The molecule has 0 spiro atoms. The van der Waals surface area contributed by atoms with E-state index >= 15 is 0 Å². The van der Waals surface area contributed by atoms with E-state index in [1.165, 1.54) is 5.57 Å². The van der Waals surface area contributed by atoms with Crippen molar-refractivity contribution in [2.45, 2.75) is 53.4 Å². The second kappa shape index (κ2) is 11.0. The Hall–Kier alpha value is -1.12. The van der Waals surface area contributed by atoms with Gasteiger partial charge in [0, 0.05) is 12.8 Å². The first-order valence-corrected chi connectivity index (χ1v) is 5.29. The molecule has 0 amide bonds. The van der Waals surface area contributed by atoms with Crippen LogP contribution in [-0.4, -0.2) is 11.9 Å². The number of rotatable bonds is 4. The molecule has 0 aromatic rings. The molecule has 0 aromatic carbocycles. The first-order valence-electron chi connectivity index (χ1n) is 5.29. The van der Waals surface area contributed by atoms with E-state index in [1.807, 2.05) is 27.7 Å². The summed E-state index contributed by atoms with van der Waals surface area (Å²) in [5.74, 6) is -0.822. The van der Waals surface area contributed by atoms with Gasteiger partial charge in [0.1, 0.15) is 0 Å². The van der Waals surface area contributed by atoms with E-state index in [0.29, 0.717) is 12.8 Å². The van der Waals surface area contributed by atoms with Crippen molar-refractivity contribution in [1.29, 1.82) is 0 Å². The fourth-order valence-corrected chi connectivity index (χ4v) is 0.637. The van der Waals surface area contributed by atoms with Gasteiger partial charge in [0.15, 0.2) is 0 Å². The van der Waals surface area contributed by atoms with E-state index in [4.69, 9.17) is 0 Å². The van der Waals surface area contributed by atoms with Gasteiger partial charge in [0.2, 0.25) is 0 Å². The summed E-state index contributed by atoms with van der Waals surface area (Å²) in [5, 5.41) is 0. The van der Waals surface area contributed by atoms with Crippen molar-refractivity contribution in [2.24, 2.45) is 0 Å². The number of ether oxygens (including phenoxy) is 1. The number of hydrogen-bond acceptors (Lipinski definition) is 3. The molecule has 3 nitrogen and oxygen atoms in total. The normalized spacial score (nSPS) is 8.53. The number of carbonyl (C=O) groups excluding carboxylic acids is 2. The third-order valence-electron chi connectivity index (χ3n) is 1.14. The van der Waals surface area contributed by atoms with E-state index in [2.05, 4.69) is 11.3 Å². The lowest BCUT2D eigenvalue weighted by Crippen LogP contribution is -2.10. The molecule has 0 fully saturated rings. The van der Waals surface area contributed by atoms with E-state index in [-0.39, 0.29) is 0 Å². The Balaban J connectivity index is 0. The summed E-state index contributed by atoms with van der Waals surface area (Å²) in [4.78, 5) is 21.4. The summed E-state index contributed by atoms with van der Waals surface area (Å²) in [5.41, 5.74) is 1.17. The Bertz CT molecular complexity index is 187. The first-order chi connectivity index (χ1) is 6.93. The summed E-state index contributed by atoms with van der Waals surface area (Å²) in [7, 11) is 0. The maximum Gasteiger partial charge on any atom is 0.313 e. The maximum atomic E-state index is 10.7. The van der Waals surface area contributed by atoms with Crippen molar-refractivity contribution in [3.63, 3.8) is 0 Å². The van der Waals surface area contributed by atoms with E-state index in [9.17, 15) is 9.59 Å². The molecule has 0 atom stereocenters. The van der Waals surface area contributed by atoms with Crippen molar-refractivity contribution in [2.75, 3.05) is 0 Å². The number of carbonyl (C=O) groups is 2. The zero-order valence-corrected chi connectivity index (χ0v) is 10.3. The molecule has 3 heteroatoms. The molecular weight excluding hydrogens is 192 g/mol. The van der Waals surface area contributed by atoms with Crippen LogP contribution in [0.3, 0.4) is 0 Å². The van der Waals surface area contributed by atoms with Crippen LogP contribution in [-0.2, 0) is 14.3 Å². The SMILES string of the molecule is C=C(C)C.CCCC(=O)OC(=O)CCC. The zero-order chi connectivity index (χ0) is 12.3. The molecule has 0 bridgehead atoms. The molecule has 0 aliphatic carbocycles. The average molecular weight is 214 g/mol. The molecule has 0 aliphatic heterocycles. The quantitative estimate of drug-likeness (QED) is 0.410. The molecule has 88 valence electrons. The third kappa shape index (κ3) is 19.3. The Kier molecular flexibility index (Phi) is 11.9. The predicted molar refractivity (Wildman–Crippen MR) is 61.4 cm³/mol. The topological polar surface area (TPSA) is 43.4 Å². The summed E-state index contributed by atoms with van der Waals surface area (Å²) in [6.07, 6.45) is 2.10. The van der Waals surface area contributed by atoms with Crippen molar-refractivity contribution >= 4 is 11.9 Å². The van der Waals surface area contributed by atoms with Gasteiger partial charge in [-0.3, -0.25) is 9.59 Å². The van der Waals surface area contributed by atoms with Crippen LogP contribution in [0.5, 0.6) is 0 Å². The molecule has 0 saturated carbocycles. The maximum absolute atomic E-state index is 10.7. The van der Waals surface area contributed by atoms with Gasteiger partial charge in [-0.1, -0.05) is 19.4 Å². The van der Waals surface area contributed by atoms with Crippen LogP contribution in [0, 0.1) is 0 Å². The standard InChI is InChI=1S/C8H14O3.C4H8/c1-3-5-7(9)11-8(10)6-4-2;1-4(2)3/h3-6H2,1-2H3;1H2,2-3H3. The highest BCUT2D eigenvalue weighted by Gasteiger charge is 2.06. The van der Waals surface area contributed by atoms with Crippen LogP contribution in [0.2, 0.25) is 0 Å². The van der Waals surface area contributed by atoms with Gasteiger partial charge in [-0.2, -0.15) is 0 Å². The minimum absolute atomic E-state index is 0.329.